The normalized spacial score (nSPS) is 12.1. The predicted octanol–water partition coefficient (Wildman–Crippen LogP) is 3.38. The standard InChI is InChI=1S/C20H26ClN3S/c1-5-15-9-11-16(12-10-15)19(24(3)4)13-22-20(25)23-18-8-6-7-17(21)14(18)2/h6-12,19H,5,13H2,1-4H3,(H2,22,23,25)/p+1/t19-/m0/s1. The third kappa shape index (κ3) is 5.43. The number of hydrogen-bond donors (Lipinski definition) is 3. The molecule has 134 valence electrons. The van der Waals surface area contributed by atoms with Crippen LogP contribution in [0.2, 0.25) is 5.02 Å². The fraction of sp³-hybridized carbons (Fsp3) is 0.350. The molecule has 0 fully saturated rings. The van der Waals surface area contributed by atoms with Crippen LogP contribution in [0.1, 0.15) is 29.7 Å². The summed E-state index contributed by atoms with van der Waals surface area (Å²) >= 11 is 11.6. The Labute approximate surface area is 161 Å². The summed E-state index contributed by atoms with van der Waals surface area (Å²) in [6.45, 7) is 4.92. The number of likely N-dealkylation sites (N-methyl/N-ethyl adjacent to an activating group) is 1. The van der Waals surface area contributed by atoms with Crippen molar-refractivity contribution >= 4 is 34.6 Å². The molecule has 1 atom stereocenters. The minimum atomic E-state index is 0.325. The quantitative estimate of drug-likeness (QED) is 0.675. The summed E-state index contributed by atoms with van der Waals surface area (Å²) in [5.41, 5.74) is 4.61. The van der Waals surface area contributed by atoms with Crippen LogP contribution in [0.5, 0.6) is 0 Å². The summed E-state index contributed by atoms with van der Waals surface area (Å²) in [7, 11) is 4.33. The number of halogens is 1. The van der Waals surface area contributed by atoms with E-state index in [2.05, 4.69) is 55.9 Å². The van der Waals surface area contributed by atoms with Gasteiger partial charge in [-0.25, -0.2) is 0 Å². The number of thiocarbonyl (C=S) groups is 1. The molecule has 0 aliphatic carbocycles. The lowest BCUT2D eigenvalue weighted by molar-refractivity contribution is -0.890. The summed E-state index contributed by atoms with van der Waals surface area (Å²) in [6, 6.07) is 14.9. The SMILES string of the molecule is CCc1ccc([C@H](CNC(=S)Nc2cccc(Cl)c2C)[NH+](C)C)cc1. The lowest BCUT2D eigenvalue weighted by Gasteiger charge is -2.23. The number of hydrogen-bond acceptors (Lipinski definition) is 1. The van der Waals surface area contributed by atoms with Crippen LogP contribution in [-0.2, 0) is 6.42 Å². The highest BCUT2D eigenvalue weighted by molar-refractivity contribution is 7.80. The number of anilines is 1. The van der Waals surface area contributed by atoms with Crippen LogP contribution in [0, 0.1) is 6.92 Å². The Morgan fingerprint density at radius 2 is 1.84 bits per heavy atom. The molecule has 0 bridgehead atoms. The van der Waals surface area contributed by atoms with Crippen molar-refractivity contribution in [2.75, 3.05) is 26.0 Å². The highest BCUT2D eigenvalue weighted by atomic mass is 35.5. The van der Waals surface area contributed by atoms with Crippen LogP contribution in [0.25, 0.3) is 0 Å². The molecule has 2 aromatic carbocycles. The first kappa shape index (κ1) is 19.7. The Balaban J connectivity index is 2.00. The maximum Gasteiger partial charge on any atom is 0.171 e. The van der Waals surface area contributed by atoms with Crippen molar-refractivity contribution in [2.45, 2.75) is 26.3 Å². The summed E-state index contributed by atoms with van der Waals surface area (Å²) in [6.07, 6.45) is 1.06. The van der Waals surface area contributed by atoms with Crippen LogP contribution in [-0.4, -0.2) is 25.8 Å². The zero-order valence-electron chi connectivity index (χ0n) is 15.3. The van der Waals surface area contributed by atoms with Crippen molar-refractivity contribution in [2.24, 2.45) is 0 Å². The molecule has 0 amide bonds. The molecule has 0 aliphatic rings. The molecule has 25 heavy (non-hydrogen) atoms. The van der Waals surface area contributed by atoms with Crippen LogP contribution >= 0.6 is 23.8 Å². The molecule has 2 aromatic rings. The van der Waals surface area contributed by atoms with Crippen molar-refractivity contribution in [3.05, 3.63) is 64.2 Å². The number of nitrogens with one attached hydrogen (secondary N) is 3. The van der Waals surface area contributed by atoms with Gasteiger partial charge in [0.2, 0.25) is 0 Å². The van der Waals surface area contributed by atoms with Crippen molar-refractivity contribution in [1.82, 2.24) is 5.32 Å². The van der Waals surface area contributed by atoms with E-state index in [4.69, 9.17) is 23.8 Å². The first-order chi connectivity index (χ1) is 11.9. The number of quaternary nitrogens is 1. The molecule has 3 N–H and O–H groups in total. The second-order valence-electron chi connectivity index (χ2n) is 6.47. The molecule has 5 heteroatoms. The lowest BCUT2D eigenvalue weighted by atomic mass is 10.0. The second-order valence-corrected chi connectivity index (χ2v) is 7.29. The minimum Gasteiger partial charge on any atom is -0.356 e. The topological polar surface area (TPSA) is 28.5 Å². The van der Waals surface area contributed by atoms with Gasteiger partial charge in [0.15, 0.2) is 5.11 Å². The first-order valence-corrected chi connectivity index (χ1v) is 9.39. The Bertz CT molecular complexity index is 713. The third-order valence-corrected chi connectivity index (χ3v) is 5.13. The summed E-state index contributed by atoms with van der Waals surface area (Å²) in [5.74, 6) is 0. The Kier molecular flexibility index (Phi) is 7.24. The van der Waals surface area contributed by atoms with Gasteiger partial charge in [0.05, 0.1) is 20.6 Å². The predicted molar refractivity (Wildman–Crippen MR) is 112 cm³/mol. The highest BCUT2D eigenvalue weighted by Gasteiger charge is 2.18. The van der Waals surface area contributed by atoms with Gasteiger partial charge in [-0.1, -0.05) is 48.9 Å². The molecule has 0 radical (unpaired) electrons. The van der Waals surface area contributed by atoms with Gasteiger partial charge in [-0.3, -0.25) is 0 Å². The average Bonchev–Trinajstić information content (AvgIpc) is 2.59. The maximum absolute atomic E-state index is 6.16. The lowest BCUT2D eigenvalue weighted by Crippen LogP contribution is -3.07. The average molecular weight is 377 g/mol. The van der Waals surface area contributed by atoms with Crippen molar-refractivity contribution in [1.29, 1.82) is 0 Å². The fourth-order valence-electron chi connectivity index (χ4n) is 2.75. The monoisotopic (exact) mass is 376 g/mol. The van der Waals surface area contributed by atoms with Gasteiger partial charge in [-0.05, 0) is 48.8 Å². The molecule has 3 nitrogen and oxygen atoms in total. The molecule has 2 rings (SSSR count). The Morgan fingerprint density at radius 1 is 1.16 bits per heavy atom. The first-order valence-electron chi connectivity index (χ1n) is 8.61. The van der Waals surface area contributed by atoms with Gasteiger partial charge < -0.3 is 15.5 Å². The number of benzene rings is 2. The van der Waals surface area contributed by atoms with E-state index < -0.39 is 0 Å². The molecule has 0 heterocycles. The van der Waals surface area contributed by atoms with E-state index in [1.54, 1.807) is 0 Å². The Morgan fingerprint density at radius 3 is 2.44 bits per heavy atom. The summed E-state index contributed by atoms with van der Waals surface area (Å²) < 4.78 is 0. The molecule has 0 aliphatic heterocycles. The summed E-state index contributed by atoms with van der Waals surface area (Å²) in [4.78, 5) is 1.36. The molecule has 0 spiro atoms. The van der Waals surface area contributed by atoms with Gasteiger partial charge >= 0.3 is 0 Å². The smallest absolute Gasteiger partial charge is 0.171 e. The second kappa shape index (κ2) is 9.18. The van der Waals surface area contributed by atoms with E-state index in [-0.39, 0.29) is 0 Å². The van der Waals surface area contributed by atoms with Crippen LogP contribution in [0.3, 0.4) is 0 Å². The Hall–Kier alpha value is -1.62. The van der Waals surface area contributed by atoms with Gasteiger partial charge in [0.1, 0.15) is 6.04 Å². The van der Waals surface area contributed by atoms with E-state index in [9.17, 15) is 0 Å². The van der Waals surface area contributed by atoms with Crippen LogP contribution < -0.4 is 15.5 Å². The molecule has 0 saturated carbocycles. The van der Waals surface area contributed by atoms with E-state index in [1.165, 1.54) is 16.0 Å². The minimum absolute atomic E-state index is 0.325. The van der Waals surface area contributed by atoms with E-state index in [0.717, 1.165) is 29.2 Å². The highest BCUT2D eigenvalue weighted by Crippen LogP contribution is 2.22. The van der Waals surface area contributed by atoms with E-state index >= 15 is 0 Å². The van der Waals surface area contributed by atoms with Gasteiger partial charge in [0.25, 0.3) is 0 Å². The van der Waals surface area contributed by atoms with Gasteiger partial charge in [0, 0.05) is 16.3 Å². The van der Waals surface area contributed by atoms with Crippen LogP contribution in [0.4, 0.5) is 5.69 Å². The largest absolute Gasteiger partial charge is 0.356 e. The molecular formula is C20H27ClN3S+. The molecule has 0 unspecified atom stereocenters. The van der Waals surface area contributed by atoms with E-state index in [0.29, 0.717) is 11.2 Å². The van der Waals surface area contributed by atoms with Gasteiger partial charge in [-0.2, -0.15) is 0 Å². The zero-order chi connectivity index (χ0) is 18.4. The fourth-order valence-corrected chi connectivity index (χ4v) is 3.11. The third-order valence-electron chi connectivity index (χ3n) is 4.47. The molecular weight excluding hydrogens is 350 g/mol. The zero-order valence-corrected chi connectivity index (χ0v) is 16.9. The van der Waals surface area contributed by atoms with E-state index in [1.807, 2.05) is 25.1 Å². The molecule has 0 saturated heterocycles. The van der Waals surface area contributed by atoms with Gasteiger partial charge in [-0.15, -0.1) is 0 Å². The maximum atomic E-state index is 6.16. The van der Waals surface area contributed by atoms with Crippen LogP contribution in [0.15, 0.2) is 42.5 Å². The van der Waals surface area contributed by atoms with Crippen molar-refractivity contribution in [3.8, 4) is 0 Å². The molecule has 0 aromatic heterocycles. The number of rotatable bonds is 6. The van der Waals surface area contributed by atoms with Crippen molar-refractivity contribution < 1.29 is 4.90 Å². The van der Waals surface area contributed by atoms with Crippen molar-refractivity contribution in [3.63, 3.8) is 0 Å². The number of aryl methyl sites for hydroxylation is 1. The summed E-state index contributed by atoms with van der Waals surface area (Å²) in [5, 5.41) is 7.93.